The second-order valence-electron chi connectivity index (χ2n) is 4.21. The van der Waals surface area contributed by atoms with E-state index in [4.69, 9.17) is 4.74 Å². The Balaban J connectivity index is 5.25. The van der Waals surface area contributed by atoms with Crippen LogP contribution in [0.2, 0.25) is 0 Å². The molecule has 2 nitrogen and oxygen atoms in total. The summed E-state index contributed by atoms with van der Waals surface area (Å²) in [5, 5.41) is 0. The monoisotopic (exact) mass is 247 g/mol. The number of allylic oxidation sites excluding steroid dienone is 4. The summed E-state index contributed by atoms with van der Waals surface area (Å²) in [6, 6.07) is 0. The first kappa shape index (κ1) is 16.6. The lowest BCUT2D eigenvalue weighted by molar-refractivity contribution is 0.0668. The normalized spacial score (nSPS) is 15.9. The minimum absolute atomic E-state index is 0.139. The summed E-state index contributed by atoms with van der Waals surface area (Å²) in [6.07, 6.45) is 11.5. The zero-order valence-corrected chi connectivity index (χ0v) is 12.2. The Labute approximate surface area is 111 Å². The fraction of sp³-hybridized carbons (Fsp3) is 0.438. The molecule has 0 amide bonds. The largest absolute Gasteiger partial charge is 0.365 e. The lowest BCUT2D eigenvalue weighted by atomic mass is 10.0. The quantitative estimate of drug-likeness (QED) is 0.480. The first-order chi connectivity index (χ1) is 8.56. The summed E-state index contributed by atoms with van der Waals surface area (Å²) in [7, 11) is 0. The molecular formula is C16H25NO. The van der Waals surface area contributed by atoms with Crippen molar-refractivity contribution in [3.05, 3.63) is 48.7 Å². The summed E-state index contributed by atoms with van der Waals surface area (Å²) < 4.78 is 5.92. The van der Waals surface area contributed by atoms with E-state index < -0.39 is 0 Å². The highest BCUT2D eigenvalue weighted by molar-refractivity contribution is 5.90. The predicted octanol–water partition coefficient (Wildman–Crippen LogP) is 4.46. The van der Waals surface area contributed by atoms with Crippen LogP contribution in [0.3, 0.4) is 0 Å². The van der Waals surface area contributed by atoms with Crippen LogP contribution in [0, 0.1) is 0 Å². The van der Waals surface area contributed by atoms with Crippen molar-refractivity contribution in [2.24, 2.45) is 4.99 Å². The van der Waals surface area contributed by atoms with Gasteiger partial charge in [0.25, 0.3) is 0 Å². The Hall–Kier alpha value is -1.41. The molecule has 100 valence electrons. The van der Waals surface area contributed by atoms with Gasteiger partial charge in [-0.05, 0) is 40.2 Å². The van der Waals surface area contributed by atoms with E-state index >= 15 is 0 Å². The van der Waals surface area contributed by atoms with Crippen molar-refractivity contribution in [2.45, 2.75) is 46.8 Å². The highest BCUT2D eigenvalue weighted by Crippen LogP contribution is 2.14. The molecule has 0 spiro atoms. The lowest BCUT2D eigenvalue weighted by Gasteiger charge is -2.21. The highest BCUT2D eigenvalue weighted by atomic mass is 16.5. The van der Waals surface area contributed by atoms with Gasteiger partial charge >= 0.3 is 0 Å². The average Bonchev–Trinajstić information content (AvgIpc) is 2.34. The summed E-state index contributed by atoms with van der Waals surface area (Å²) in [6.45, 7) is 13.8. The van der Waals surface area contributed by atoms with Crippen LogP contribution < -0.4 is 0 Å². The molecule has 18 heavy (non-hydrogen) atoms. The standard InChI is InChI=1S/C16H25NO/c1-7-10-11-15(9-3)16(18-13(4)5)14(6)17-12-8-2/h7-13,16H,3H2,1-2,4-6H3/b10-7-,12-8-,15-11+,17-14?. The van der Waals surface area contributed by atoms with Crippen LogP contribution in [0.25, 0.3) is 0 Å². The summed E-state index contributed by atoms with van der Waals surface area (Å²) in [5.74, 6) is 0. The SMILES string of the molecule is C=C/C(=C\C=C/C)C(OC(C)C)C(C)=N/C=C\C. The average molecular weight is 247 g/mol. The Kier molecular flexibility index (Phi) is 8.85. The molecule has 0 aliphatic carbocycles. The van der Waals surface area contributed by atoms with E-state index in [0.29, 0.717) is 0 Å². The maximum atomic E-state index is 5.92. The van der Waals surface area contributed by atoms with Gasteiger partial charge in [-0.25, -0.2) is 0 Å². The topological polar surface area (TPSA) is 21.6 Å². The molecule has 0 aliphatic heterocycles. The van der Waals surface area contributed by atoms with Crippen molar-refractivity contribution in [2.75, 3.05) is 0 Å². The van der Waals surface area contributed by atoms with Gasteiger partial charge in [0.1, 0.15) is 6.10 Å². The maximum Gasteiger partial charge on any atom is 0.121 e. The Morgan fingerprint density at radius 1 is 1.22 bits per heavy atom. The number of hydrogen-bond donors (Lipinski definition) is 0. The van der Waals surface area contributed by atoms with Crippen LogP contribution in [-0.4, -0.2) is 17.9 Å². The molecule has 1 unspecified atom stereocenters. The number of ether oxygens (including phenoxy) is 1. The van der Waals surface area contributed by atoms with Crippen LogP contribution in [0.5, 0.6) is 0 Å². The minimum Gasteiger partial charge on any atom is -0.365 e. The van der Waals surface area contributed by atoms with Crippen LogP contribution in [0.15, 0.2) is 53.7 Å². The van der Waals surface area contributed by atoms with Crippen molar-refractivity contribution in [3.8, 4) is 0 Å². The molecule has 0 aromatic heterocycles. The van der Waals surface area contributed by atoms with Crippen molar-refractivity contribution in [1.29, 1.82) is 0 Å². The van der Waals surface area contributed by atoms with Crippen molar-refractivity contribution < 1.29 is 4.74 Å². The van der Waals surface area contributed by atoms with E-state index in [1.165, 1.54) is 0 Å². The van der Waals surface area contributed by atoms with Gasteiger partial charge in [0.2, 0.25) is 0 Å². The predicted molar refractivity (Wildman–Crippen MR) is 81.0 cm³/mol. The maximum absolute atomic E-state index is 5.92. The first-order valence-corrected chi connectivity index (χ1v) is 6.33. The molecule has 0 aliphatic rings. The second kappa shape index (κ2) is 9.60. The zero-order valence-electron chi connectivity index (χ0n) is 12.2. The van der Waals surface area contributed by atoms with E-state index in [1.54, 1.807) is 6.20 Å². The fourth-order valence-electron chi connectivity index (χ4n) is 1.42. The molecule has 2 heteroatoms. The van der Waals surface area contributed by atoms with Gasteiger partial charge in [-0.3, -0.25) is 4.99 Å². The number of rotatable bonds is 7. The zero-order chi connectivity index (χ0) is 14.0. The Bertz CT molecular complexity index is 359. The van der Waals surface area contributed by atoms with Crippen LogP contribution in [0.4, 0.5) is 0 Å². The van der Waals surface area contributed by atoms with Crippen LogP contribution >= 0.6 is 0 Å². The molecule has 0 rings (SSSR count). The number of hydrogen-bond acceptors (Lipinski definition) is 2. The van der Waals surface area contributed by atoms with Gasteiger partial charge in [0.05, 0.1) is 6.10 Å². The molecule has 0 fully saturated rings. The van der Waals surface area contributed by atoms with E-state index in [-0.39, 0.29) is 12.2 Å². The lowest BCUT2D eigenvalue weighted by Crippen LogP contribution is -2.27. The third kappa shape index (κ3) is 6.36. The van der Waals surface area contributed by atoms with Gasteiger partial charge in [-0.2, -0.15) is 0 Å². The second-order valence-corrected chi connectivity index (χ2v) is 4.21. The summed E-state index contributed by atoms with van der Waals surface area (Å²) in [4.78, 5) is 4.37. The minimum atomic E-state index is -0.144. The third-order valence-electron chi connectivity index (χ3n) is 2.23. The Morgan fingerprint density at radius 3 is 2.33 bits per heavy atom. The van der Waals surface area contributed by atoms with Crippen molar-refractivity contribution in [1.82, 2.24) is 0 Å². The molecule has 0 aromatic carbocycles. The van der Waals surface area contributed by atoms with E-state index in [2.05, 4.69) is 11.6 Å². The number of aliphatic imine (C=N–C) groups is 1. The third-order valence-corrected chi connectivity index (χ3v) is 2.23. The molecule has 0 saturated carbocycles. The van der Waals surface area contributed by atoms with Gasteiger partial charge in [0, 0.05) is 11.9 Å². The first-order valence-electron chi connectivity index (χ1n) is 6.33. The molecule has 0 bridgehead atoms. The fourth-order valence-corrected chi connectivity index (χ4v) is 1.42. The van der Waals surface area contributed by atoms with Crippen LogP contribution in [0.1, 0.15) is 34.6 Å². The molecule has 0 heterocycles. The van der Waals surface area contributed by atoms with Crippen LogP contribution in [-0.2, 0) is 4.74 Å². The smallest absolute Gasteiger partial charge is 0.121 e. The molecule has 0 saturated heterocycles. The highest BCUT2D eigenvalue weighted by Gasteiger charge is 2.17. The Morgan fingerprint density at radius 2 is 1.89 bits per heavy atom. The van der Waals surface area contributed by atoms with Gasteiger partial charge in [-0.1, -0.05) is 37.0 Å². The van der Waals surface area contributed by atoms with E-state index in [9.17, 15) is 0 Å². The van der Waals surface area contributed by atoms with E-state index in [1.807, 2.05) is 65.0 Å². The summed E-state index contributed by atoms with van der Waals surface area (Å²) >= 11 is 0. The summed E-state index contributed by atoms with van der Waals surface area (Å²) in [5.41, 5.74) is 1.95. The van der Waals surface area contributed by atoms with Gasteiger partial charge in [0.15, 0.2) is 0 Å². The van der Waals surface area contributed by atoms with Crippen molar-refractivity contribution >= 4 is 5.71 Å². The molecule has 1 atom stereocenters. The molecule has 0 radical (unpaired) electrons. The number of nitrogens with zero attached hydrogens (tertiary/aromatic N) is 1. The molecular weight excluding hydrogens is 222 g/mol. The molecule has 0 aromatic rings. The molecule has 0 N–H and O–H groups in total. The van der Waals surface area contributed by atoms with E-state index in [0.717, 1.165) is 11.3 Å². The van der Waals surface area contributed by atoms with Gasteiger partial charge < -0.3 is 4.74 Å². The van der Waals surface area contributed by atoms with Crippen molar-refractivity contribution in [3.63, 3.8) is 0 Å². The van der Waals surface area contributed by atoms with Gasteiger partial charge in [-0.15, -0.1) is 0 Å².